The lowest BCUT2D eigenvalue weighted by atomic mass is 10.2. The molecule has 1 N–H and O–H groups in total. The highest BCUT2D eigenvalue weighted by atomic mass is 16.2. The number of hydrogen-bond donors (Lipinski definition) is 1. The van der Waals surface area contributed by atoms with Crippen molar-refractivity contribution < 1.29 is 4.79 Å². The van der Waals surface area contributed by atoms with Crippen molar-refractivity contribution in [3.63, 3.8) is 0 Å². The summed E-state index contributed by atoms with van der Waals surface area (Å²) in [5.41, 5.74) is 1.11. The van der Waals surface area contributed by atoms with E-state index in [1.807, 2.05) is 30.3 Å². The number of fused-ring (bicyclic) bond motifs is 1. The van der Waals surface area contributed by atoms with Crippen LogP contribution in [0.25, 0.3) is 11.0 Å². The molecule has 8 heteroatoms. The summed E-state index contributed by atoms with van der Waals surface area (Å²) in [5.74, 6) is -0.333. The summed E-state index contributed by atoms with van der Waals surface area (Å²) < 4.78 is 2.38. The maximum Gasteiger partial charge on any atom is 0.332 e. The van der Waals surface area contributed by atoms with Crippen LogP contribution in [0, 0.1) is 0 Å². The van der Waals surface area contributed by atoms with Gasteiger partial charge in [-0.05, 0) is 35.4 Å². The monoisotopic (exact) mass is 401 g/mol. The van der Waals surface area contributed by atoms with Gasteiger partial charge in [0.2, 0.25) is 5.91 Å². The highest BCUT2D eigenvalue weighted by molar-refractivity contribution is 5.79. The van der Waals surface area contributed by atoms with Crippen LogP contribution < -0.4 is 16.6 Å². The molecule has 150 valence electrons. The molecule has 4 rings (SSSR count). The third-order valence-corrected chi connectivity index (χ3v) is 4.71. The van der Waals surface area contributed by atoms with Gasteiger partial charge in [-0.25, -0.2) is 9.78 Å². The Bertz CT molecular complexity index is 1300. The van der Waals surface area contributed by atoms with Gasteiger partial charge < -0.3 is 5.32 Å². The number of carbonyl (C=O) groups is 1. The topological polar surface area (TPSA) is 98.9 Å². The van der Waals surface area contributed by atoms with Crippen LogP contribution in [0.5, 0.6) is 0 Å². The summed E-state index contributed by atoms with van der Waals surface area (Å²) >= 11 is 0. The zero-order chi connectivity index (χ0) is 20.9. The number of hydrogen-bond acceptors (Lipinski definition) is 5. The maximum absolute atomic E-state index is 13.1. The molecule has 1 amide bonds. The third kappa shape index (κ3) is 4.02. The van der Waals surface area contributed by atoms with Crippen molar-refractivity contribution in [3.8, 4) is 0 Å². The van der Waals surface area contributed by atoms with Gasteiger partial charge in [-0.3, -0.25) is 23.7 Å². The number of rotatable bonds is 6. The fourth-order valence-corrected chi connectivity index (χ4v) is 3.20. The first-order valence-corrected chi connectivity index (χ1v) is 9.41. The zero-order valence-electron chi connectivity index (χ0n) is 16.1. The Kier molecular flexibility index (Phi) is 5.47. The van der Waals surface area contributed by atoms with E-state index in [1.54, 1.807) is 36.7 Å². The normalized spacial score (nSPS) is 10.8. The first-order chi connectivity index (χ1) is 14.6. The SMILES string of the molecule is O=C(Cn1c(=O)n(Cc2ccncc2)c(=O)c2ncccc21)NCc1ccccc1. The maximum atomic E-state index is 13.1. The van der Waals surface area contributed by atoms with Crippen molar-refractivity contribution in [1.82, 2.24) is 24.4 Å². The minimum Gasteiger partial charge on any atom is -0.350 e. The number of nitrogens with one attached hydrogen (secondary N) is 1. The van der Waals surface area contributed by atoms with E-state index in [-0.39, 0.29) is 24.5 Å². The summed E-state index contributed by atoms with van der Waals surface area (Å²) in [7, 11) is 0. The van der Waals surface area contributed by atoms with E-state index in [2.05, 4.69) is 15.3 Å². The molecule has 0 atom stereocenters. The van der Waals surface area contributed by atoms with Gasteiger partial charge in [0.15, 0.2) is 5.52 Å². The lowest BCUT2D eigenvalue weighted by molar-refractivity contribution is -0.121. The molecular weight excluding hydrogens is 382 g/mol. The number of aromatic nitrogens is 4. The van der Waals surface area contributed by atoms with E-state index in [9.17, 15) is 14.4 Å². The van der Waals surface area contributed by atoms with Crippen molar-refractivity contribution >= 4 is 16.9 Å². The standard InChI is InChI=1S/C22H19N5O3/c28-19(25-13-16-5-2-1-3-6-16)15-26-18-7-4-10-24-20(18)21(29)27(22(26)30)14-17-8-11-23-12-9-17/h1-12H,13-15H2,(H,25,28). The molecular formula is C22H19N5O3. The molecule has 30 heavy (non-hydrogen) atoms. The molecule has 0 saturated heterocycles. The molecule has 0 aliphatic heterocycles. The van der Waals surface area contributed by atoms with E-state index >= 15 is 0 Å². The Hall–Kier alpha value is -4.07. The molecule has 3 aromatic heterocycles. The Morgan fingerprint density at radius 3 is 2.40 bits per heavy atom. The van der Waals surface area contributed by atoms with Gasteiger partial charge in [0, 0.05) is 25.1 Å². The molecule has 0 bridgehead atoms. The zero-order valence-corrected chi connectivity index (χ0v) is 16.1. The number of amides is 1. The van der Waals surface area contributed by atoms with Crippen LogP contribution in [0.15, 0.2) is 82.8 Å². The van der Waals surface area contributed by atoms with Gasteiger partial charge >= 0.3 is 5.69 Å². The third-order valence-electron chi connectivity index (χ3n) is 4.71. The molecule has 3 heterocycles. The quantitative estimate of drug-likeness (QED) is 0.525. The Labute approximate surface area is 171 Å². The fourth-order valence-electron chi connectivity index (χ4n) is 3.20. The van der Waals surface area contributed by atoms with Crippen molar-refractivity contribution in [2.45, 2.75) is 19.6 Å². The summed E-state index contributed by atoms with van der Waals surface area (Å²) in [6.07, 6.45) is 4.68. The van der Waals surface area contributed by atoms with Crippen molar-refractivity contribution in [2.75, 3.05) is 0 Å². The van der Waals surface area contributed by atoms with Crippen LogP contribution in [0.4, 0.5) is 0 Å². The summed E-state index contributed by atoms with van der Waals surface area (Å²) in [4.78, 5) is 46.6. The van der Waals surface area contributed by atoms with Crippen LogP contribution >= 0.6 is 0 Å². The first-order valence-electron chi connectivity index (χ1n) is 9.41. The molecule has 0 aliphatic rings. The van der Waals surface area contributed by atoms with Crippen molar-refractivity contribution in [1.29, 1.82) is 0 Å². The predicted molar refractivity (Wildman–Crippen MR) is 112 cm³/mol. The van der Waals surface area contributed by atoms with Crippen molar-refractivity contribution in [3.05, 3.63) is 105 Å². The molecule has 0 aliphatic carbocycles. The van der Waals surface area contributed by atoms with E-state index < -0.39 is 11.2 Å². The fraction of sp³-hybridized carbons (Fsp3) is 0.136. The van der Waals surface area contributed by atoms with E-state index in [0.717, 1.165) is 15.7 Å². The smallest absolute Gasteiger partial charge is 0.332 e. The molecule has 0 radical (unpaired) electrons. The molecule has 4 aromatic rings. The van der Waals surface area contributed by atoms with E-state index in [0.29, 0.717) is 12.1 Å². The highest BCUT2D eigenvalue weighted by Gasteiger charge is 2.16. The molecule has 1 aromatic carbocycles. The second kappa shape index (κ2) is 8.52. The Morgan fingerprint density at radius 1 is 0.867 bits per heavy atom. The molecule has 0 unspecified atom stereocenters. The van der Waals surface area contributed by atoms with Gasteiger partial charge in [0.05, 0.1) is 12.1 Å². The molecule has 0 saturated carbocycles. The average Bonchev–Trinajstić information content (AvgIpc) is 2.79. The number of nitrogens with zero attached hydrogens (tertiary/aromatic N) is 4. The van der Waals surface area contributed by atoms with Crippen LogP contribution in [0.1, 0.15) is 11.1 Å². The second-order valence-electron chi connectivity index (χ2n) is 6.75. The minimum atomic E-state index is -0.563. The van der Waals surface area contributed by atoms with Crippen LogP contribution in [-0.2, 0) is 24.4 Å². The molecule has 8 nitrogen and oxygen atoms in total. The van der Waals surface area contributed by atoms with Gasteiger partial charge in [-0.1, -0.05) is 30.3 Å². The second-order valence-corrected chi connectivity index (χ2v) is 6.75. The van der Waals surface area contributed by atoms with E-state index in [1.165, 1.54) is 10.8 Å². The number of benzene rings is 1. The van der Waals surface area contributed by atoms with Gasteiger partial charge in [-0.2, -0.15) is 0 Å². The average molecular weight is 401 g/mol. The summed E-state index contributed by atoms with van der Waals surface area (Å²) in [6.45, 7) is 0.198. The number of carbonyl (C=O) groups excluding carboxylic acids is 1. The van der Waals surface area contributed by atoms with Gasteiger partial charge in [0.1, 0.15) is 6.54 Å². The van der Waals surface area contributed by atoms with Gasteiger partial charge in [0.25, 0.3) is 5.56 Å². The summed E-state index contributed by atoms with van der Waals surface area (Å²) in [6, 6.07) is 16.2. The van der Waals surface area contributed by atoms with Crippen LogP contribution in [-0.4, -0.2) is 25.0 Å². The predicted octanol–water partition coefficient (Wildman–Crippen LogP) is 1.32. The van der Waals surface area contributed by atoms with Gasteiger partial charge in [-0.15, -0.1) is 0 Å². The van der Waals surface area contributed by atoms with E-state index in [4.69, 9.17) is 0 Å². The largest absolute Gasteiger partial charge is 0.350 e. The summed E-state index contributed by atoms with van der Waals surface area (Å²) in [5, 5.41) is 2.81. The lowest BCUT2D eigenvalue weighted by Gasteiger charge is -2.14. The van der Waals surface area contributed by atoms with Crippen molar-refractivity contribution in [2.24, 2.45) is 0 Å². The van der Waals surface area contributed by atoms with Crippen LogP contribution in [0.2, 0.25) is 0 Å². The molecule has 0 fully saturated rings. The Morgan fingerprint density at radius 2 is 1.63 bits per heavy atom. The van der Waals surface area contributed by atoms with Crippen LogP contribution in [0.3, 0.4) is 0 Å². The molecule has 0 spiro atoms. The number of pyridine rings is 2. The lowest BCUT2D eigenvalue weighted by Crippen LogP contribution is -2.43. The Balaban J connectivity index is 1.69. The minimum absolute atomic E-state index is 0.0678. The first kappa shape index (κ1) is 19.3. The highest BCUT2D eigenvalue weighted by Crippen LogP contribution is 2.06.